The molecule has 0 aliphatic heterocycles. The van der Waals surface area contributed by atoms with Gasteiger partial charge in [-0.2, -0.15) is 5.10 Å². The highest BCUT2D eigenvalue weighted by atomic mass is 15.3. The second-order valence-electron chi connectivity index (χ2n) is 5.59. The first-order chi connectivity index (χ1) is 10.0. The quantitative estimate of drug-likeness (QED) is 0.804. The maximum Gasteiger partial charge on any atom is 0.207 e. The largest absolute Gasteiger partial charge is 0.369 e. The van der Waals surface area contributed by atoms with Crippen molar-refractivity contribution in [2.24, 2.45) is 7.05 Å². The highest BCUT2D eigenvalue weighted by molar-refractivity contribution is 5.80. The lowest BCUT2D eigenvalue weighted by molar-refractivity contribution is 0.737. The summed E-state index contributed by atoms with van der Waals surface area (Å²) in [5.41, 5.74) is 12.6. The number of hydrogen-bond donors (Lipinski definition) is 1. The van der Waals surface area contributed by atoms with Crippen molar-refractivity contribution in [3.8, 4) is 5.69 Å². The lowest BCUT2D eigenvalue weighted by atomic mass is 10.1. The maximum atomic E-state index is 6.18. The van der Waals surface area contributed by atoms with Crippen LogP contribution in [0.4, 0.5) is 5.95 Å². The highest BCUT2D eigenvalue weighted by Crippen LogP contribution is 2.27. The molecule has 0 saturated heterocycles. The maximum absolute atomic E-state index is 6.18. The Morgan fingerprint density at radius 3 is 2.67 bits per heavy atom. The van der Waals surface area contributed by atoms with Crippen LogP contribution in [-0.4, -0.2) is 19.3 Å². The van der Waals surface area contributed by atoms with Crippen LogP contribution in [0.5, 0.6) is 0 Å². The van der Waals surface area contributed by atoms with Gasteiger partial charge in [-0.3, -0.25) is 4.57 Å². The Labute approximate surface area is 124 Å². The summed E-state index contributed by atoms with van der Waals surface area (Å²) in [5, 5.41) is 4.59. The Balaban J connectivity index is 2.30. The molecule has 2 N–H and O–H groups in total. The summed E-state index contributed by atoms with van der Waals surface area (Å²) in [5.74, 6) is 0.516. The van der Waals surface area contributed by atoms with E-state index < -0.39 is 0 Å². The first-order valence-electron chi connectivity index (χ1n) is 7.30. The van der Waals surface area contributed by atoms with E-state index in [0.29, 0.717) is 5.95 Å². The number of benzene rings is 1. The topological polar surface area (TPSA) is 61.7 Å². The van der Waals surface area contributed by atoms with Crippen LogP contribution in [0.25, 0.3) is 16.9 Å². The zero-order chi connectivity index (χ0) is 15.1. The van der Waals surface area contributed by atoms with E-state index in [2.05, 4.69) is 49.1 Å². The van der Waals surface area contributed by atoms with Crippen LogP contribution in [0.15, 0.2) is 18.2 Å². The number of nitrogen functional groups attached to an aromatic ring is 1. The van der Waals surface area contributed by atoms with Crippen molar-refractivity contribution >= 4 is 17.1 Å². The van der Waals surface area contributed by atoms with Gasteiger partial charge in [0.15, 0.2) is 5.65 Å². The van der Waals surface area contributed by atoms with Gasteiger partial charge in [0.1, 0.15) is 5.52 Å². The molecule has 3 rings (SSSR count). The van der Waals surface area contributed by atoms with Gasteiger partial charge in [-0.05, 0) is 31.9 Å². The molecule has 0 spiro atoms. The van der Waals surface area contributed by atoms with Gasteiger partial charge in [0.25, 0.3) is 0 Å². The van der Waals surface area contributed by atoms with E-state index in [1.165, 1.54) is 11.1 Å². The number of fused-ring (bicyclic) bond motifs is 1. The van der Waals surface area contributed by atoms with Gasteiger partial charge in [0.05, 0.1) is 11.4 Å². The van der Waals surface area contributed by atoms with E-state index in [0.717, 1.165) is 35.4 Å². The van der Waals surface area contributed by atoms with Crippen LogP contribution in [0.1, 0.15) is 30.2 Å². The second-order valence-corrected chi connectivity index (χ2v) is 5.59. The zero-order valence-corrected chi connectivity index (χ0v) is 13.0. The molecule has 2 aromatic heterocycles. The number of aryl methyl sites for hydroxylation is 4. The van der Waals surface area contributed by atoms with E-state index in [9.17, 15) is 0 Å². The fourth-order valence-corrected chi connectivity index (χ4v) is 2.90. The van der Waals surface area contributed by atoms with Crippen molar-refractivity contribution in [2.75, 3.05) is 5.73 Å². The van der Waals surface area contributed by atoms with Crippen LogP contribution in [0.2, 0.25) is 0 Å². The molecule has 0 bridgehead atoms. The molecule has 0 unspecified atom stereocenters. The van der Waals surface area contributed by atoms with Gasteiger partial charge in [0.2, 0.25) is 5.95 Å². The van der Waals surface area contributed by atoms with Crippen molar-refractivity contribution in [3.05, 3.63) is 35.0 Å². The van der Waals surface area contributed by atoms with E-state index in [-0.39, 0.29) is 0 Å². The zero-order valence-electron chi connectivity index (χ0n) is 13.0. The summed E-state index contributed by atoms with van der Waals surface area (Å²) >= 11 is 0. The van der Waals surface area contributed by atoms with Crippen LogP contribution in [0.3, 0.4) is 0 Å². The summed E-state index contributed by atoms with van der Waals surface area (Å²) < 4.78 is 3.87. The average Bonchev–Trinajstić information content (AvgIpc) is 2.89. The molecule has 0 amide bonds. The van der Waals surface area contributed by atoms with Crippen molar-refractivity contribution in [3.63, 3.8) is 0 Å². The van der Waals surface area contributed by atoms with Crippen LogP contribution < -0.4 is 5.73 Å². The predicted octanol–water partition coefficient (Wildman–Crippen LogP) is 2.91. The second kappa shape index (κ2) is 4.91. The summed E-state index contributed by atoms with van der Waals surface area (Å²) in [6.07, 6.45) is 1.96. The van der Waals surface area contributed by atoms with Gasteiger partial charge in [-0.15, -0.1) is 0 Å². The number of nitrogens with zero attached hydrogens (tertiary/aromatic N) is 4. The predicted molar refractivity (Wildman–Crippen MR) is 85.7 cm³/mol. The molecule has 0 fully saturated rings. The fraction of sp³-hybridized carbons (Fsp3) is 0.375. The fourth-order valence-electron chi connectivity index (χ4n) is 2.90. The monoisotopic (exact) mass is 283 g/mol. The Morgan fingerprint density at radius 1 is 1.24 bits per heavy atom. The number of anilines is 1. The van der Waals surface area contributed by atoms with Crippen molar-refractivity contribution in [1.82, 2.24) is 19.3 Å². The molecule has 1 aromatic carbocycles. The van der Waals surface area contributed by atoms with Gasteiger partial charge in [-0.1, -0.05) is 31.0 Å². The Bertz CT molecular complexity index is 810. The lowest BCUT2D eigenvalue weighted by Gasteiger charge is -2.10. The minimum absolute atomic E-state index is 0.516. The molecule has 2 heterocycles. The van der Waals surface area contributed by atoms with Crippen molar-refractivity contribution in [1.29, 1.82) is 0 Å². The van der Waals surface area contributed by atoms with Gasteiger partial charge >= 0.3 is 0 Å². The van der Waals surface area contributed by atoms with Crippen LogP contribution in [-0.2, 0) is 13.5 Å². The summed E-state index contributed by atoms with van der Waals surface area (Å²) in [6, 6.07) is 6.34. The average molecular weight is 283 g/mol. The van der Waals surface area contributed by atoms with E-state index in [1.54, 1.807) is 0 Å². The van der Waals surface area contributed by atoms with E-state index in [1.807, 2.05) is 16.3 Å². The van der Waals surface area contributed by atoms with E-state index in [4.69, 9.17) is 5.73 Å². The minimum atomic E-state index is 0.516. The Kier molecular flexibility index (Phi) is 3.20. The number of rotatable bonds is 3. The molecule has 0 aliphatic rings. The third-order valence-electron chi connectivity index (χ3n) is 3.81. The number of nitrogens with two attached hydrogens (primary N) is 1. The summed E-state index contributed by atoms with van der Waals surface area (Å²) in [7, 11) is 1.95. The van der Waals surface area contributed by atoms with Crippen LogP contribution in [0, 0.1) is 13.8 Å². The molecule has 5 nitrogen and oxygen atoms in total. The molecule has 3 aromatic rings. The first-order valence-corrected chi connectivity index (χ1v) is 7.30. The molecular weight excluding hydrogens is 262 g/mol. The molecular formula is C16H21N5. The number of imidazole rings is 1. The molecule has 0 saturated carbocycles. The smallest absolute Gasteiger partial charge is 0.207 e. The summed E-state index contributed by atoms with van der Waals surface area (Å²) in [4.78, 5) is 4.55. The minimum Gasteiger partial charge on any atom is -0.369 e. The van der Waals surface area contributed by atoms with E-state index >= 15 is 0 Å². The molecule has 5 heteroatoms. The first kappa shape index (κ1) is 13.7. The Morgan fingerprint density at radius 2 is 2.00 bits per heavy atom. The third kappa shape index (κ3) is 2.09. The van der Waals surface area contributed by atoms with Gasteiger partial charge in [-0.25, -0.2) is 9.67 Å². The van der Waals surface area contributed by atoms with Gasteiger partial charge in [0, 0.05) is 7.05 Å². The Hall–Kier alpha value is -2.30. The summed E-state index contributed by atoms with van der Waals surface area (Å²) in [6.45, 7) is 6.33. The van der Waals surface area contributed by atoms with Crippen molar-refractivity contribution in [2.45, 2.75) is 33.6 Å². The molecule has 0 radical (unpaired) electrons. The molecule has 110 valence electrons. The molecule has 0 atom stereocenters. The van der Waals surface area contributed by atoms with Crippen molar-refractivity contribution < 1.29 is 0 Å². The molecule has 21 heavy (non-hydrogen) atoms. The number of aromatic nitrogens is 4. The number of hydrogen-bond acceptors (Lipinski definition) is 3. The van der Waals surface area contributed by atoms with Gasteiger partial charge < -0.3 is 5.73 Å². The SMILES string of the molecule is CCCc1nn(C)c2c1nc(N)n2-c1ccc(C)cc1C. The van der Waals surface area contributed by atoms with Crippen LogP contribution >= 0.6 is 0 Å². The standard InChI is InChI=1S/C16H21N5/c1-5-6-12-14-15(20(4)19-12)21(16(17)18-14)13-8-7-10(2)9-11(13)3/h7-9H,5-6H2,1-4H3,(H2,17,18). The lowest BCUT2D eigenvalue weighted by Crippen LogP contribution is -2.06. The third-order valence-corrected chi connectivity index (χ3v) is 3.81. The highest BCUT2D eigenvalue weighted by Gasteiger charge is 2.19. The normalized spacial score (nSPS) is 11.4. The molecule has 0 aliphatic carbocycles.